The SMILES string of the molecule is CP(=O)(O)N[C@H]1[C@H](OCc2ccccc2)O[C@H](CO)[C@@H](OCc2ccccc2)[C@@H]1O. The van der Waals surface area contributed by atoms with Crippen LogP contribution in [0.15, 0.2) is 60.7 Å². The van der Waals surface area contributed by atoms with Gasteiger partial charge in [0.15, 0.2) is 6.29 Å². The Morgan fingerprint density at radius 1 is 1.00 bits per heavy atom. The van der Waals surface area contributed by atoms with E-state index in [0.29, 0.717) is 0 Å². The Morgan fingerprint density at radius 3 is 2.03 bits per heavy atom. The van der Waals surface area contributed by atoms with Crippen molar-refractivity contribution in [2.45, 2.75) is 43.9 Å². The number of aliphatic hydroxyl groups excluding tert-OH is 2. The molecule has 4 N–H and O–H groups in total. The first kappa shape index (κ1) is 23.1. The van der Waals surface area contributed by atoms with Gasteiger partial charge in [-0.25, -0.2) is 5.09 Å². The highest BCUT2D eigenvalue weighted by Gasteiger charge is 2.47. The van der Waals surface area contributed by atoms with E-state index >= 15 is 0 Å². The van der Waals surface area contributed by atoms with Gasteiger partial charge in [-0.1, -0.05) is 60.7 Å². The van der Waals surface area contributed by atoms with Gasteiger partial charge in [-0.3, -0.25) is 4.57 Å². The first-order valence-electron chi connectivity index (χ1n) is 9.71. The lowest BCUT2D eigenvalue weighted by Gasteiger charge is -2.44. The molecule has 164 valence electrons. The maximum atomic E-state index is 12.0. The fraction of sp³-hybridized carbons (Fsp3) is 0.429. The van der Waals surface area contributed by atoms with Crippen LogP contribution in [-0.4, -0.2) is 59.0 Å². The number of nitrogens with one attached hydrogen (secondary N) is 1. The van der Waals surface area contributed by atoms with Gasteiger partial charge in [0.1, 0.15) is 18.3 Å². The summed E-state index contributed by atoms with van der Waals surface area (Å²) >= 11 is 0. The number of aliphatic hydroxyl groups is 2. The fourth-order valence-corrected chi connectivity index (χ4v) is 4.18. The van der Waals surface area contributed by atoms with Crippen LogP contribution in [-0.2, 0) is 32.0 Å². The highest BCUT2D eigenvalue weighted by Crippen LogP contribution is 2.35. The second-order valence-corrected chi connectivity index (χ2v) is 9.32. The molecule has 8 nitrogen and oxygen atoms in total. The van der Waals surface area contributed by atoms with Crippen LogP contribution in [0.3, 0.4) is 0 Å². The lowest BCUT2D eigenvalue weighted by Crippen LogP contribution is -2.63. The molecule has 0 radical (unpaired) electrons. The van der Waals surface area contributed by atoms with Crippen molar-refractivity contribution < 1.29 is 33.9 Å². The van der Waals surface area contributed by atoms with Crippen LogP contribution in [0.2, 0.25) is 0 Å². The molecule has 9 heteroatoms. The van der Waals surface area contributed by atoms with Gasteiger partial charge < -0.3 is 29.3 Å². The normalized spacial score (nSPS) is 28.7. The Morgan fingerprint density at radius 2 is 1.53 bits per heavy atom. The minimum atomic E-state index is -3.72. The molecular weight excluding hydrogens is 409 g/mol. The maximum absolute atomic E-state index is 12.0. The number of ether oxygens (including phenoxy) is 3. The maximum Gasteiger partial charge on any atom is 0.264 e. The number of rotatable bonds is 9. The quantitative estimate of drug-likeness (QED) is 0.438. The minimum absolute atomic E-state index is 0.170. The van der Waals surface area contributed by atoms with E-state index in [4.69, 9.17) is 14.2 Å². The van der Waals surface area contributed by atoms with Crippen LogP contribution < -0.4 is 5.09 Å². The summed E-state index contributed by atoms with van der Waals surface area (Å²) in [4.78, 5) is 9.84. The molecular formula is C21H28NO7P. The number of benzene rings is 2. The third kappa shape index (κ3) is 6.44. The van der Waals surface area contributed by atoms with Crippen molar-refractivity contribution in [2.75, 3.05) is 13.3 Å². The largest absolute Gasteiger partial charge is 0.394 e. The standard InChI is InChI=1S/C21H28NO7P/c1-30(25,26)22-18-19(24)20(27-13-15-8-4-2-5-9-15)17(12-23)29-21(18)28-14-16-10-6-3-7-11-16/h2-11,17-21,23-24H,12-14H2,1H3,(H2,22,25,26)/t17-,18-,19-,20-,21-/m1/s1. The summed E-state index contributed by atoms with van der Waals surface area (Å²) in [6.07, 6.45) is -4.09. The smallest absolute Gasteiger partial charge is 0.264 e. The summed E-state index contributed by atoms with van der Waals surface area (Å²) in [6, 6.07) is 17.7. The van der Waals surface area contributed by atoms with Gasteiger partial charge in [-0.05, 0) is 11.1 Å². The molecule has 2 aromatic rings. The van der Waals surface area contributed by atoms with E-state index in [-0.39, 0.29) is 13.2 Å². The second kappa shape index (κ2) is 10.6. The highest BCUT2D eigenvalue weighted by molar-refractivity contribution is 7.55. The van der Waals surface area contributed by atoms with Crippen molar-refractivity contribution in [3.8, 4) is 0 Å². The van der Waals surface area contributed by atoms with Crippen LogP contribution in [0, 0.1) is 0 Å². The summed E-state index contributed by atoms with van der Waals surface area (Å²) in [6.45, 7) is 1.08. The van der Waals surface area contributed by atoms with E-state index in [0.717, 1.165) is 17.8 Å². The Bertz CT molecular complexity index is 817. The van der Waals surface area contributed by atoms with Crippen LogP contribution >= 0.6 is 7.52 Å². The zero-order valence-corrected chi connectivity index (χ0v) is 17.6. The van der Waals surface area contributed by atoms with E-state index in [1.165, 1.54) is 0 Å². The van der Waals surface area contributed by atoms with Crippen molar-refractivity contribution in [3.63, 3.8) is 0 Å². The Hall–Kier alpha value is -1.61. The van der Waals surface area contributed by atoms with Crippen LogP contribution in [0.5, 0.6) is 0 Å². The molecule has 0 bridgehead atoms. The van der Waals surface area contributed by atoms with Gasteiger partial charge in [0.05, 0.1) is 25.9 Å². The van der Waals surface area contributed by atoms with Crippen molar-refractivity contribution in [2.24, 2.45) is 0 Å². The molecule has 30 heavy (non-hydrogen) atoms. The van der Waals surface area contributed by atoms with E-state index in [2.05, 4.69) is 5.09 Å². The molecule has 1 fully saturated rings. The third-order valence-corrected chi connectivity index (χ3v) is 5.56. The molecule has 3 rings (SSSR count). The molecule has 0 saturated carbocycles. The van der Waals surface area contributed by atoms with E-state index in [9.17, 15) is 19.7 Å². The summed E-state index contributed by atoms with van der Waals surface area (Å²) in [5.74, 6) is 0. The predicted molar refractivity (Wildman–Crippen MR) is 111 cm³/mol. The zero-order valence-electron chi connectivity index (χ0n) is 16.7. The molecule has 2 aromatic carbocycles. The van der Waals surface area contributed by atoms with Gasteiger partial charge in [0.2, 0.25) is 0 Å². The Labute approximate surface area is 175 Å². The minimum Gasteiger partial charge on any atom is -0.394 e. The van der Waals surface area contributed by atoms with E-state index in [1.807, 2.05) is 60.7 Å². The van der Waals surface area contributed by atoms with Gasteiger partial charge in [-0.2, -0.15) is 0 Å². The predicted octanol–water partition coefficient (Wildman–Crippen LogP) is 1.64. The van der Waals surface area contributed by atoms with E-state index in [1.54, 1.807) is 0 Å². The molecule has 1 aliphatic heterocycles. The van der Waals surface area contributed by atoms with Gasteiger partial charge >= 0.3 is 0 Å². The zero-order chi connectivity index (χ0) is 21.6. The average molecular weight is 437 g/mol. The lowest BCUT2D eigenvalue weighted by atomic mass is 9.97. The average Bonchev–Trinajstić information content (AvgIpc) is 2.74. The Kier molecular flexibility index (Phi) is 8.16. The lowest BCUT2D eigenvalue weighted by molar-refractivity contribution is -0.281. The molecule has 1 aliphatic rings. The Balaban J connectivity index is 1.74. The van der Waals surface area contributed by atoms with Gasteiger partial charge in [0.25, 0.3) is 7.52 Å². The first-order valence-corrected chi connectivity index (χ1v) is 11.8. The van der Waals surface area contributed by atoms with Crippen molar-refractivity contribution in [1.82, 2.24) is 5.09 Å². The van der Waals surface area contributed by atoms with Crippen molar-refractivity contribution in [1.29, 1.82) is 0 Å². The number of hydrogen-bond acceptors (Lipinski definition) is 6. The van der Waals surface area contributed by atoms with Crippen molar-refractivity contribution >= 4 is 7.52 Å². The van der Waals surface area contributed by atoms with Gasteiger partial charge in [-0.15, -0.1) is 0 Å². The molecule has 1 saturated heterocycles. The summed E-state index contributed by atoms with van der Waals surface area (Å²) < 4.78 is 29.5. The first-order chi connectivity index (χ1) is 14.4. The number of hydrogen-bond donors (Lipinski definition) is 4. The monoisotopic (exact) mass is 437 g/mol. The van der Waals surface area contributed by atoms with Gasteiger partial charge in [0, 0.05) is 6.66 Å². The topological polar surface area (TPSA) is 117 Å². The molecule has 0 spiro atoms. The fourth-order valence-electron chi connectivity index (χ4n) is 3.35. The molecule has 1 unspecified atom stereocenters. The summed E-state index contributed by atoms with van der Waals surface area (Å²) in [5.41, 5.74) is 1.76. The third-order valence-electron chi connectivity index (χ3n) is 4.78. The van der Waals surface area contributed by atoms with Crippen LogP contribution in [0.25, 0.3) is 0 Å². The second-order valence-electron chi connectivity index (χ2n) is 7.31. The molecule has 0 aliphatic carbocycles. The summed E-state index contributed by atoms with van der Waals surface area (Å²) in [7, 11) is -3.72. The molecule has 6 atom stereocenters. The van der Waals surface area contributed by atoms with Crippen molar-refractivity contribution in [3.05, 3.63) is 71.8 Å². The highest BCUT2D eigenvalue weighted by atomic mass is 31.2. The molecule has 0 amide bonds. The van der Waals surface area contributed by atoms with Crippen LogP contribution in [0.4, 0.5) is 0 Å². The van der Waals surface area contributed by atoms with E-state index < -0.39 is 44.8 Å². The molecule has 0 aromatic heterocycles. The molecule has 1 heterocycles. The summed E-state index contributed by atoms with van der Waals surface area (Å²) in [5, 5.41) is 23.3. The van der Waals surface area contributed by atoms with Crippen LogP contribution in [0.1, 0.15) is 11.1 Å².